The number of ether oxygens (including phenoxy) is 1. The van der Waals surface area contributed by atoms with E-state index in [1.54, 1.807) is 22.8 Å². The monoisotopic (exact) mass is 399 g/mol. The molecule has 0 aliphatic heterocycles. The first-order valence-corrected chi connectivity index (χ1v) is 9.43. The molecule has 2 aromatic carbocycles. The van der Waals surface area contributed by atoms with E-state index < -0.39 is 5.91 Å². The first-order chi connectivity index (χ1) is 13.4. The zero-order valence-electron chi connectivity index (χ0n) is 16.1. The number of hydrogen-bond donors (Lipinski definition) is 1. The predicted molar refractivity (Wildman–Crippen MR) is 110 cm³/mol. The van der Waals surface area contributed by atoms with Crippen molar-refractivity contribution in [3.8, 4) is 11.6 Å². The van der Waals surface area contributed by atoms with Crippen LogP contribution < -0.4 is 4.74 Å². The maximum Gasteiger partial charge on any atom is 0.302 e. The number of amides is 1. The fourth-order valence-electron chi connectivity index (χ4n) is 3.03. The van der Waals surface area contributed by atoms with Crippen molar-refractivity contribution in [1.29, 1.82) is 0 Å². The highest BCUT2D eigenvalue weighted by Crippen LogP contribution is 2.39. The molecule has 0 unspecified atom stereocenters. The molecule has 1 aromatic heterocycles. The molecule has 1 amide bonds. The molecule has 0 atom stereocenters. The number of benzene rings is 2. The van der Waals surface area contributed by atoms with Gasteiger partial charge in [0.05, 0.1) is 5.52 Å². The van der Waals surface area contributed by atoms with Crippen LogP contribution in [0.25, 0.3) is 10.9 Å². The maximum atomic E-state index is 12.1. The summed E-state index contributed by atoms with van der Waals surface area (Å²) in [4.78, 5) is 12.1. The number of aromatic nitrogens is 1. The first-order valence-electron chi connectivity index (χ1n) is 9.06. The summed E-state index contributed by atoms with van der Waals surface area (Å²) >= 11 is 5.91. The van der Waals surface area contributed by atoms with Crippen LogP contribution in [-0.2, 0) is 11.3 Å². The molecule has 1 N–H and O–H groups in total. The number of rotatable bonds is 6. The molecule has 146 valence electrons. The molecule has 28 heavy (non-hydrogen) atoms. The molecule has 0 saturated carbocycles. The van der Waals surface area contributed by atoms with E-state index in [9.17, 15) is 9.90 Å². The van der Waals surface area contributed by atoms with E-state index in [0.717, 1.165) is 28.5 Å². The van der Waals surface area contributed by atoms with E-state index >= 15 is 0 Å². The van der Waals surface area contributed by atoms with Gasteiger partial charge >= 0.3 is 5.91 Å². The van der Waals surface area contributed by atoms with Gasteiger partial charge in [0.15, 0.2) is 12.3 Å². The van der Waals surface area contributed by atoms with E-state index in [2.05, 4.69) is 10.2 Å². The Morgan fingerprint density at radius 3 is 2.71 bits per heavy atom. The van der Waals surface area contributed by atoms with Crippen LogP contribution in [0.5, 0.6) is 11.6 Å². The topological polar surface area (TPSA) is 76.2 Å². The van der Waals surface area contributed by atoms with Crippen LogP contribution in [0.1, 0.15) is 24.5 Å². The summed E-state index contributed by atoms with van der Waals surface area (Å²) in [5.41, 5.74) is 3.01. The maximum absolute atomic E-state index is 12.1. The number of carbonyl (C=O) groups is 1. The number of hydrogen-bond acceptors (Lipinski definition) is 4. The summed E-state index contributed by atoms with van der Waals surface area (Å²) in [5.74, 6) is 0.0252. The van der Waals surface area contributed by atoms with Gasteiger partial charge in [-0.2, -0.15) is 0 Å². The minimum absolute atomic E-state index is 0.00784. The highest BCUT2D eigenvalue weighted by atomic mass is 35.5. The van der Waals surface area contributed by atoms with Gasteiger partial charge in [-0.25, -0.2) is 0 Å². The van der Waals surface area contributed by atoms with Crippen molar-refractivity contribution < 1.29 is 14.6 Å². The lowest BCUT2D eigenvalue weighted by Crippen LogP contribution is -2.08. The molecule has 3 rings (SSSR count). The number of nitrogens with zero attached hydrogens (tertiary/aromatic N) is 3. The Bertz CT molecular complexity index is 1060. The van der Waals surface area contributed by atoms with Gasteiger partial charge in [0.25, 0.3) is 0 Å². The Labute approximate surface area is 168 Å². The summed E-state index contributed by atoms with van der Waals surface area (Å²) in [6.07, 6.45) is 0.856. The molecule has 7 heteroatoms. The lowest BCUT2D eigenvalue weighted by atomic mass is 10.1. The third-order valence-electron chi connectivity index (χ3n) is 4.36. The first kappa shape index (κ1) is 19.9. The Kier molecular flexibility index (Phi) is 5.99. The van der Waals surface area contributed by atoms with Crippen LogP contribution in [0.15, 0.2) is 46.6 Å². The molecule has 0 bridgehead atoms. The molecule has 0 fully saturated rings. The van der Waals surface area contributed by atoms with Gasteiger partial charge in [-0.05, 0) is 56.2 Å². The third-order valence-corrected chi connectivity index (χ3v) is 4.60. The average Bonchev–Trinajstić information content (AvgIpc) is 2.90. The van der Waals surface area contributed by atoms with Crippen molar-refractivity contribution in [3.63, 3.8) is 0 Å². The van der Waals surface area contributed by atoms with Crippen LogP contribution in [0.2, 0.25) is 5.02 Å². The molecular weight excluding hydrogens is 378 g/mol. The summed E-state index contributed by atoms with van der Waals surface area (Å²) in [5, 5.41) is 19.7. The fourth-order valence-corrected chi connectivity index (χ4v) is 3.26. The Morgan fingerprint density at radius 2 is 2.00 bits per heavy atom. The summed E-state index contributed by atoms with van der Waals surface area (Å²) in [6, 6.07) is 11.0. The highest BCUT2D eigenvalue weighted by molar-refractivity contribution is 6.30. The molecule has 1 heterocycles. The number of aryl methyl sites for hydroxylation is 3. The van der Waals surface area contributed by atoms with Gasteiger partial charge in [0, 0.05) is 17.0 Å². The standard InChI is InChI=1S/C21H22ClN3O3/c1-4-9-25-17-7-5-13(2)10-16(17)20(21(25)27)24-23-19(26)12-28-18-8-6-15(22)11-14(18)3/h5-8,10-11,27H,4,9,12H2,1-3H3. The zero-order valence-corrected chi connectivity index (χ0v) is 16.8. The molecule has 0 spiro atoms. The Hall–Kier alpha value is -2.86. The van der Waals surface area contributed by atoms with Gasteiger partial charge in [0.2, 0.25) is 5.88 Å². The Morgan fingerprint density at radius 1 is 1.21 bits per heavy atom. The van der Waals surface area contributed by atoms with Crippen molar-refractivity contribution >= 4 is 34.1 Å². The van der Waals surface area contributed by atoms with E-state index in [-0.39, 0.29) is 12.5 Å². The van der Waals surface area contributed by atoms with Gasteiger partial charge in [-0.1, -0.05) is 30.2 Å². The molecule has 6 nitrogen and oxygen atoms in total. The molecule has 3 aromatic rings. The third kappa shape index (κ3) is 4.17. The Balaban J connectivity index is 1.81. The van der Waals surface area contributed by atoms with Crippen LogP contribution in [0.3, 0.4) is 0 Å². The average molecular weight is 400 g/mol. The van der Waals surface area contributed by atoms with Crippen molar-refractivity contribution in [2.45, 2.75) is 33.7 Å². The van der Waals surface area contributed by atoms with Crippen molar-refractivity contribution in [3.05, 3.63) is 52.5 Å². The highest BCUT2D eigenvalue weighted by Gasteiger charge is 2.17. The van der Waals surface area contributed by atoms with Crippen LogP contribution in [0, 0.1) is 13.8 Å². The van der Waals surface area contributed by atoms with E-state index in [1.807, 2.05) is 39.0 Å². The van der Waals surface area contributed by atoms with Crippen LogP contribution in [-0.4, -0.2) is 22.2 Å². The molecule has 0 saturated heterocycles. The smallest absolute Gasteiger partial charge is 0.302 e. The summed E-state index contributed by atoms with van der Waals surface area (Å²) in [7, 11) is 0. The van der Waals surface area contributed by atoms with Gasteiger partial charge < -0.3 is 14.4 Å². The van der Waals surface area contributed by atoms with E-state index in [4.69, 9.17) is 16.3 Å². The fraction of sp³-hybridized carbons (Fsp3) is 0.286. The molecule has 0 aliphatic carbocycles. The second kappa shape index (κ2) is 8.44. The minimum atomic E-state index is -0.544. The summed E-state index contributed by atoms with van der Waals surface area (Å²) < 4.78 is 7.27. The molecule has 0 radical (unpaired) electrons. The minimum Gasteiger partial charge on any atom is -0.493 e. The molecular formula is C21H22ClN3O3. The number of halogens is 1. The second-order valence-electron chi connectivity index (χ2n) is 6.64. The van der Waals surface area contributed by atoms with E-state index in [0.29, 0.717) is 23.0 Å². The number of aromatic hydroxyl groups is 1. The molecule has 0 aliphatic rings. The van der Waals surface area contributed by atoms with Crippen LogP contribution in [0.4, 0.5) is 5.69 Å². The number of azo groups is 1. The van der Waals surface area contributed by atoms with Gasteiger partial charge in [-0.3, -0.25) is 4.79 Å². The second-order valence-corrected chi connectivity index (χ2v) is 7.07. The summed E-state index contributed by atoms with van der Waals surface area (Å²) in [6.45, 7) is 6.23. The van der Waals surface area contributed by atoms with Crippen molar-refractivity contribution in [2.24, 2.45) is 10.2 Å². The van der Waals surface area contributed by atoms with Crippen molar-refractivity contribution in [1.82, 2.24) is 4.57 Å². The van der Waals surface area contributed by atoms with Crippen molar-refractivity contribution in [2.75, 3.05) is 6.61 Å². The van der Waals surface area contributed by atoms with Gasteiger partial charge in [-0.15, -0.1) is 10.2 Å². The quantitative estimate of drug-likeness (QED) is 0.539. The van der Waals surface area contributed by atoms with Crippen LogP contribution >= 0.6 is 11.6 Å². The lowest BCUT2D eigenvalue weighted by Gasteiger charge is -2.06. The largest absolute Gasteiger partial charge is 0.493 e. The zero-order chi connectivity index (χ0) is 20.3. The van der Waals surface area contributed by atoms with Gasteiger partial charge in [0.1, 0.15) is 5.75 Å². The predicted octanol–water partition coefficient (Wildman–Crippen LogP) is 5.72. The van der Waals surface area contributed by atoms with E-state index in [1.165, 1.54) is 0 Å². The normalized spacial score (nSPS) is 11.4. The SMILES string of the molecule is CCCn1c(O)c(N=NC(=O)COc2ccc(Cl)cc2C)c2cc(C)ccc21. The number of fused-ring (bicyclic) bond motifs is 1. The number of carbonyl (C=O) groups excluding carboxylic acids is 1. The lowest BCUT2D eigenvalue weighted by molar-refractivity contribution is -0.120.